The van der Waals surface area contributed by atoms with E-state index in [2.05, 4.69) is 6.92 Å². The summed E-state index contributed by atoms with van der Waals surface area (Å²) in [6.45, 7) is 5.52. The van der Waals surface area contributed by atoms with Gasteiger partial charge in [-0.25, -0.2) is 4.79 Å². The van der Waals surface area contributed by atoms with E-state index in [1.54, 1.807) is 0 Å². The minimum atomic E-state index is -0.471. The van der Waals surface area contributed by atoms with Crippen molar-refractivity contribution >= 4 is 28.9 Å². The highest BCUT2D eigenvalue weighted by molar-refractivity contribution is 7.14. The van der Waals surface area contributed by atoms with Crippen molar-refractivity contribution in [3.63, 3.8) is 0 Å². The molecule has 0 unspecified atom stereocenters. The first-order valence-electron chi connectivity index (χ1n) is 11.2. The molecule has 2 heterocycles. The van der Waals surface area contributed by atoms with Crippen LogP contribution in [0.1, 0.15) is 72.8 Å². The minimum Gasteiger partial charge on any atom is -0.465 e. The van der Waals surface area contributed by atoms with Gasteiger partial charge in [-0.3, -0.25) is 4.79 Å². The lowest BCUT2D eigenvalue weighted by Gasteiger charge is -2.42. The Balaban J connectivity index is 1.62. The van der Waals surface area contributed by atoms with Crippen LogP contribution < -0.4 is 4.90 Å². The first-order chi connectivity index (χ1) is 14.4. The molecule has 2 saturated carbocycles. The third-order valence-corrected chi connectivity index (χ3v) is 7.98. The third kappa shape index (κ3) is 4.30. The van der Waals surface area contributed by atoms with Crippen LogP contribution in [0.25, 0.3) is 0 Å². The molecule has 4 rings (SSSR count). The van der Waals surface area contributed by atoms with Gasteiger partial charge in [-0.15, -0.1) is 11.3 Å². The molecule has 1 aromatic heterocycles. The summed E-state index contributed by atoms with van der Waals surface area (Å²) in [5, 5.41) is 0. The van der Waals surface area contributed by atoms with E-state index in [0.717, 1.165) is 61.9 Å². The van der Waals surface area contributed by atoms with Gasteiger partial charge in [0.15, 0.2) is 5.79 Å². The fourth-order valence-corrected chi connectivity index (χ4v) is 6.13. The summed E-state index contributed by atoms with van der Waals surface area (Å²) in [6, 6.07) is 2.03. The van der Waals surface area contributed by atoms with Crippen LogP contribution in [-0.2, 0) is 19.0 Å². The second-order valence-corrected chi connectivity index (χ2v) is 10.3. The predicted molar refractivity (Wildman–Crippen MR) is 116 cm³/mol. The lowest BCUT2D eigenvalue weighted by atomic mass is 9.81. The van der Waals surface area contributed by atoms with Crippen LogP contribution in [0.5, 0.6) is 0 Å². The van der Waals surface area contributed by atoms with Gasteiger partial charge in [-0.2, -0.15) is 0 Å². The summed E-state index contributed by atoms with van der Waals surface area (Å²) in [5.41, 5.74) is 0.724. The lowest BCUT2D eigenvalue weighted by molar-refractivity contribution is -0.179. The second-order valence-electron chi connectivity index (χ2n) is 9.07. The zero-order valence-corrected chi connectivity index (χ0v) is 19.1. The number of nitrogens with zero attached hydrogens (tertiary/aromatic N) is 1. The largest absolute Gasteiger partial charge is 0.465 e. The Labute approximate surface area is 182 Å². The Bertz CT molecular complexity index is 767. The van der Waals surface area contributed by atoms with Crippen molar-refractivity contribution < 1.29 is 23.8 Å². The number of hydrogen-bond acceptors (Lipinski definition) is 6. The van der Waals surface area contributed by atoms with Crippen molar-refractivity contribution in [3.8, 4) is 0 Å². The van der Waals surface area contributed by atoms with E-state index < -0.39 is 5.79 Å². The van der Waals surface area contributed by atoms with Gasteiger partial charge in [0.2, 0.25) is 5.91 Å². The highest BCUT2D eigenvalue weighted by Gasteiger charge is 2.44. The number of esters is 1. The Kier molecular flexibility index (Phi) is 6.51. The van der Waals surface area contributed by atoms with E-state index in [-0.39, 0.29) is 23.8 Å². The van der Waals surface area contributed by atoms with Gasteiger partial charge < -0.3 is 19.1 Å². The molecule has 1 aromatic rings. The number of rotatable bonds is 4. The van der Waals surface area contributed by atoms with E-state index in [1.165, 1.54) is 18.4 Å². The highest BCUT2D eigenvalue weighted by Crippen LogP contribution is 2.42. The van der Waals surface area contributed by atoms with Crippen LogP contribution in [0.2, 0.25) is 0 Å². The zero-order valence-electron chi connectivity index (χ0n) is 18.3. The van der Waals surface area contributed by atoms with E-state index in [4.69, 9.17) is 14.2 Å². The van der Waals surface area contributed by atoms with Gasteiger partial charge in [0, 0.05) is 29.7 Å². The summed E-state index contributed by atoms with van der Waals surface area (Å²) in [5.74, 6) is 0.0396. The Hall–Kier alpha value is -1.44. The summed E-state index contributed by atoms with van der Waals surface area (Å²) >= 11 is 1.40. The molecule has 1 aliphatic heterocycles. The molecule has 0 N–H and O–H groups in total. The number of ether oxygens (including phenoxy) is 3. The van der Waals surface area contributed by atoms with Crippen LogP contribution in [-0.4, -0.2) is 44.0 Å². The van der Waals surface area contributed by atoms with Crippen LogP contribution >= 0.6 is 11.3 Å². The normalized spacial score (nSPS) is 26.6. The summed E-state index contributed by atoms with van der Waals surface area (Å²) in [7, 11) is 1.40. The summed E-state index contributed by atoms with van der Waals surface area (Å²) in [6.07, 6.45) is 7.21. The van der Waals surface area contributed by atoms with Crippen LogP contribution in [0.15, 0.2) is 6.07 Å². The molecule has 1 saturated heterocycles. The monoisotopic (exact) mass is 435 g/mol. The van der Waals surface area contributed by atoms with Crippen LogP contribution in [0, 0.1) is 18.8 Å². The SMILES string of the molecule is COC(=O)c1sc(C)cc1N(C(=O)[C@H]1CC[C@H](C)CC1)C1CCC2(CC1)OCCO2. The standard InChI is InChI=1S/C23H33NO5S/c1-15-4-6-17(7-5-15)21(25)24(19-14-16(2)30-20(19)22(26)27-3)18-8-10-23(11-9-18)28-12-13-29-23/h14-15,17-18H,4-13H2,1-3H3/t15-,17-. The molecule has 1 spiro atoms. The Morgan fingerprint density at radius 2 is 1.73 bits per heavy atom. The van der Waals surface area contributed by atoms with Gasteiger partial charge >= 0.3 is 5.97 Å². The molecule has 0 aromatic carbocycles. The number of aryl methyl sites for hydroxylation is 1. The van der Waals surface area contributed by atoms with Gasteiger partial charge in [-0.05, 0) is 57.4 Å². The average Bonchev–Trinajstić information content (AvgIpc) is 3.36. The van der Waals surface area contributed by atoms with E-state index in [1.807, 2.05) is 17.9 Å². The van der Waals surface area contributed by atoms with Gasteiger partial charge in [0.25, 0.3) is 0 Å². The number of thiophene rings is 1. The van der Waals surface area contributed by atoms with Gasteiger partial charge in [-0.1, -0.05) is 6.92 Å². The molecular formula is C23H33NO5S. The van der Waals surface area contributed by atoms with Crippen LogP contribution in [0.3, 0.4) is 0 Å². The summed E-state index contributed by atoms with van der Waals surface area (Å²) in [4.78, 5) is 29.8. The number of hydrogen-bond donors (Lipinski definition) is 0. The first-order valence-corrected chi connectivity index (χ1v) is 12.0. The molecule has 166 valence electrons. The lowest BCUT2D eigenvalue weighted by Crippen LogP contribution is -2.49. The quantitative estimate of drug-likeness (QED) is 0.642. The molecule has 2 aliphatic carbocycles. The third-order valence-electron chi connectivity index (χ3n) is 6.96. The van der Waals surface area contributed by atoms with Crippen molar-refractivity contribution in [3.05, 3.63) is 15.8 Å². The van der Waals surface area contributed by atoms with Gasteiger partial charge in [0.1, 0.15) is 4.88 Å². The van der Waals surface area contributed by atoms with Crippen LogP contribution in [0.4, 0.5) is 5.69 Å². The molecule has 0 radical (unpaired) electrons. The Morgan fingerprint density at radius 3 is 2.33 bits per heavy atom. The molecule has 6 nitrogen and oxygen atoms in total. The number of methoxy groups -OCH3 is 1. The molecule has 7 heteroatoms. The highest BCUT2D eigenvalue weighted by atomic mass is 32.1. The Morgan fingerprint density at radius 1 is 1.10 bits per heavy atom. The minimum absolute atomic E-state index is 0.0294. The molecular weight excluding hydrogens is 402 g/mol. The van der Waals surface area contributed by atoms with Crippen molar-refractivity contribution in [1.82, 2.24) is 0 Å². The van der Waals surface area contributed by atoms with Crippen molar-refractivity contribution in [1.29, 1.82) is 0 Å². The number of carbonyl (C=O) groups excluding carboxylic acids is 2. The number of carbonyl (C=O) groups is 2. The second kappa shape index (κ2) is 8.97. The molecule has 3 aliphatic rings. The zero-order chi connectivity index (χ0) is 21.3. The smallest absolute Gasteiger partial charge is 0.350 e. The van der Waals surface area contributed by atoms with Crippen molar-refractivity contribution in [2.45, 2.75) is 77.0 Å². The predicted octanol–water partition coefficient (Wildman–Crippen LogP) is 4.69. The maximum Gasteiger partial charge on any atom is 0.350 e. The first kappa shape index (κ1) is 21.8. The molecule has 3 fully saturated rings. The van der Waals surface area contributed by atoms with Crippen molar-refractivity contribution in [2.75, 3.05) is 25.2 Å². The number of anilines is 1. The fraction of sp³-hybridized carbons (Fsp3) is 0.739. The van der Waals surface area contributed by atoms with E-state index >= 15 is 0 Å². The molecule has 0 bridgehead atoms. The van der Waals surface area contributed by atoms with Crippen molar-refractivity contribution in [2.24, 2.45) is 11.8 Å². The van der Waals surface area contributed by atoms with Gasteiger partial charge in [0.05, 0.1) is 26.0 Å². The maximum absolute atomic E-state index is 13.8. The topological polar surface area (TPSA) is 65.1 Å². The summed E-state index contributed by atoms with van der Waals surface area (Å²) < 4.78 is 16.8. The fourth-order valence-electron chi connectivity index (χ4n) is 5.20. The van der Waals surface area contributed by atoms with E-state index in [9.17, 15) is 9.59 Å². The molecule has 1 amide bonds. The van der Waals surface area contributed by atoms with E-state index in [0.29, 0.717) is 24.0 Å². The molecule has 0 atom stereocenters. The number of amides is 1. The molecule has 30 heavy (non-hydrogen) atoms. The maximum atomic E-state index is 13.8. The average molecular weight is 436 g/mol.